The van der Waals surface area contributed by atoms with Gasteiger partial charge in [-0.1, -0.05) is 6.92 Å². The van der Waals surface area contributed by atoms with Crippen LogP contribution in [0.2, 0.25) is 0 Å². The second kappa shape index (κ2) is 4.58. The minimum Gasteiger partial charge on any atom is -0.396 e. The van der Waals surface area contributed by atoms with Crippen molar-refractivity contribution < 1.29 is 9.90 Å². The van der Waals surface area contributed by atoms with Gasteiger partial charge in [0.25, 0.3) is 0 Å². The molecular formula is C9H18N2O2. The summed E-state index contributed by atoms with van der Waals surface area (Å²) in [6, 6.07) is 0. The second-order valence-electron chi connectivity index (χ2n) is 3.76. The Bertz CT molecular complexity index is 184. The quantitative estimate of drug-likeness (QED) is 0.620. The molecule has 1 saturated heterocycles. The van der Waals surface area contributed by atoms with Crippen molar-refractivity contribution >= 4 is 5.91 Å². The third kappa shape index (κ3) is 2.42. The van der Waals surface area contributed by atoms with Gasteiger partial charge in [0.1, 0.15) is 0 Å². The molecule has 0 radical (unpaired) electrons. The minimum atomic E-state index is 0.116. The molecule has 4 nitrogen and oxygen atoms in total. The highest BCUT2D eigenvalue weighted by atomic mass is 16.3. The molecule has 0 spiro atoms. The molecule has 0 bridgehead atoms. The number of hydrogen-bond acceptors (Lipinski definition) is 3. The van der Waals surface area contributed by atoms with Crippen LogP contribution in [0.1, 0.15) is 13.3 Å². The molecule has 0 aliphatic carbocycles. The number of nitrogens with two attached hydrogens (primary N) is 1. The summed E-state index contributed by atoms with van der Waals surface area (Å²) in [5, 5.41) is 9.00. The highest BCUT2D eigenvalue weighted by Crippen LogP contribution is 2.22. The van der Waals surface area contributed by atoms with Gasteiger partial charge in [0.2, 0.25) is 5.91 Å². The van der Waals surface area contributed by atoms with Crippen molar-refractivity contribution in [1.29, 1.82) is 0 Å². The van der Waals surface area contributed by atoms with E-state index in [2.05, 4.69) is 6.92 Å². The Morgan fingerprint density at radius 2 is 2.31 bits per heavy atom. The van der Waals surface area contributed by atoms with Crippen molar-refractivity contribution in [1.82, 2.24) is 4.90 Å². The number of likely N-dealkylation sites (tertiary alicyclic amines) is 1. The Labute approximate surface area is 78.7 Å². The average Bonchev–Trinajstić information content (AvgIpc) is 2.47. The SMILES string of the molecule is CC1CN(C(=O)CCN)CC1CO. The molecule has 2 atom stereocenters. The van der Waals surface area contributed by atoms with Crippen LogP contribution < -0.4 is 5.73 Å². The number of rotatable bonds is 3. The van der Waals surface area contributed by atoms with Gasteiger partial charge < -0.3 is 15.7 Å². The van der Waals surface area contributed by atoms with Gasteiger partial charge in [0, 0.05) is 38.6 Å². The van der Waals surface area contributed by atoms with E-state index in [-0.39, 0.29) is 18.4 Å². The summed E-state index contributed by atoms with van der Waals surface area (Å²) in [5.41, 5.74) is 5.30. The summed E-state index contributed by atoms with van der Waals surface area (Å²) in [5.74, 6) is 0.777. The van der Waals surface area contributed by atoms with Crippen LogP contribution in [0.25, 0.3) is 0 Å². The molecule has 1 amide bonds. The molecule has 0 aromatic rings. The maximum atomic E-state index is 11.4. The first kappa shape index (κ1) is 10.5. The first-order valence-electron chi connectivity index (χ1n) is 4.77. The van der Waals surface area contributed by atoms with Crippen molar-refractivity contribution in [2.24, 2.45) is 17.6 Å². The Hall–Kier alpha value is -0.610. The van der Waals surface area contributed by atoms with E-state index < -0.39 is 0 Å². The summed E-state index contributed by atoms with van der Waals surface area (Å²) < 4.78 is 0. The van der Waals surface area contributed by atoms with Crippen LogP contribution in [0.15, 0.2) is 0 Å². The molecule has 0 aromatic carbocycles. The summed E-state index contributed by atoms with van der Waals surface area (Å²) in [7, 11) is 0. The summed E-state index contributed by atoms with van der Waals surface area (Å²) in [4.78, 5) is 13.2. The Morgan fingerprint density at radius 1 is 1.62 bits per heavy atom. The fourth-order valence-electron chi connectivity index (χ4n) is 1.76. The Morgan fingerprint density at radius 3 is 2.77 bits per heavy atom. The topological polar surface area (TPSA) is 66.6 Å². The van der Waals surface area contributed by atoms with Gasteiger partial charge in [-0.3, -0.25) is 4.79 Å². The van der Waals surface area contributed by atoms with Crippen LogP contribution in [-0.4, -0.2) is 42.2 Å². The monoisotopic (exact) mass is 186 g/mol. The van der Waals surface area contributed by atoms with E-state index in [1.165, 1.54) is 0 Å². The highest BCUT2D eigenvalue weighted by molar-refractivity contribution is 5.76. The highest BCUT2D eigenvalue weighted by Gasteiger charge is 2.31. The molecule has 76 valence electrons. The van der Waals surface area contributed by atoms with E-state index in [1.54, 1.807) is 4.90 Å². The van der Waals surface area contributed by atoms with Crippen molar-refractivity contribution in [2.45, 2.75) is 13.3 Å². The lowest BCUT2D eigenvalue weighted by atomic mass is 10.00. The van der Waals surface area contributed by atoms with Gasteiger partial charge in [-0.2, -0.15) is 0 Å². The third-order valence-electron chi connectivity index (χ3n) is 2.71. The van der Waals surface area contributed by atoms with Crippen LogP contribution in [0.3, 0.4) is 0 Å². The summed E-state index contributed by atoms with van der Waals surface area (Å²) in [6.45, 7) is 4.11. The van der Waals surface area contributed by atoms with E-state index in [0.717, 1.165) is 6.54 Å². The number of nitrogens with zero attached hydrogens (tertiary/aromatic N) is 1. The first-order valence-corrected chi connectivity index (χ1v) is 4.77. The number of aliphatic hydroxyl groups is 1. The summed E-state index contributed by atoms with van der Waals surface area (Å²) in [6.07, 6.45) is 0.421. The zero-order chi connectivity index (χ0) is 9.84. The summed E-state index contributed by atoms with van der Waals surface area (Å²) >= 11 is 0. The van der Waals surface area contributed by atoms with Crippen molar-refractivity contribution in [3.05, 3.63) is 0 Å². The van der Waals surface area contributed by atoms with Crippen molar-refractivity contribution in [3.63, 3.8) is 0 Å². The molecule has 1 aliphatic heterocycles. The molecule has 2 unspecified atom stereocenters. The van der Waals surface area contributed by atoms with Crippen LogP contribution in [0, 0.1) is 11.8 Å². The van der Waals surface area contributed by atoms with Crippen LogP contribution in [-0.2, 0) is 4.79 Å². The van der Waals surface area contributed by atoms with Gasteiger partial charge >= 0.3 is 0 Å². The zero-order valence-electron chi connectivity index (χ0n) is 8.07. The molecule has 3 N–H and O–H groups in total. The Balaban J connectivity index is 2.43. The molecule has 0 saturated carbocycles. The fourth-order valence-corrected chi connectivity index (χ4v) is 1.76. The van der Waals surface area contributed by atoms with E-state index in [9.17, 15) is 4.79 Å². The van der Waals surface area contributed by atoms with Gasteiger partial charge in [0.05, 0.1) is 0 Å². The molecule has 1 rings (SSSR count). The number of carbonyl (C=O) groups excluding carboxylic acids is 1. The normalized spacial score (nSPS) is 28.1. The fraction of sp³-hybridized carbons (Fsp3) is 0.889. The number of hydrogen-bond donors (Lipinski definition) is 2. The predicted octanol–water partition coefficient (Wildman–Crippen LogP) is -0.578. The number of amides is 1. The smallest absolute Gasteiger partial charge is 0.223 e. The maximum absolute atomic E-state index is 11.4. The van der Waals surface area contributed by atoms with Crippen LogP contribution in [0.5, 0.6) is 0 Å². The second-order valence-corrected chi connectivity index (χ2v) is 3.76. The van der Waals surface area contributed by atoms with Gasteiger partial charge in [-0.25, -0.2) is 0 Å². The lowest BCUT2D eigenvalue weighted by molar-refractivity contribution is -0.130. The van der Waals surface area contributed by atoms with Gasteiger partial charge in [-0.15, -0.1) is 0 Å². The maximum Gasteiger partial charge on any atom is 0.223 e. The average molecular weight is 186 g/mol. The van der Waals surface area contributed by atoms with E-state index in [1.807, 2.05) is 0 Å². The molecule has 1 fully saturated rings. The molecule has 13 heavy (non-hydrogen) atoms. The van der Waals surface area contributed by atoms with Crippen molar-refractivity contribution in [2.75, 3.05) is 26.2 Å². The number of carbonyl (C=O) groups is 1. The molecule has 4 heteroatoms. The van der Waals surface area contributed by atoms with Gasteiger partial charge in [0.15, 0.2) is 0 Å². The molecule has 1 heterocycles. The molecule has 1 aliphatic rings. The largest absolute Gasteiger partial charge is 0.396 e. The standard InChI is InChI=1S/C9H18N2O2/c1-7-4-11(5-8(7)6-12)9(13)2-3-10/h7-8,12H,2-6,10H2,1H3. The zero-order valence-corrected chi connectivity index (χ0v) is 8.07. The lowest BCUT2D eigenvalue weighted by Crippen LogP contribution is -2.30. The van der Waals surface area contributed by atoms with Crippen LogP contribution >= 0.6 is 0 Å². The third-order valence-corrected chi connectivity index (χ3v) is 2.71. The predicted molar refractivity (Wildman–Crippen MR) is 50.0 cm³/mol. The van der Waals surface area contributed by atoms with E-state index in [0.29, 0.717) is 25.4 Å². The lowest BCUT2D eigenvalue weighted by Gasteiger charge is -2.15. The van der Waals surface area contributed by atoms with Crippen molar-refractivity contribution in [3.8, 4) is 0 Å². The Kier molecular flexibility index (Phi) is 3.69. The molecule has 0 aromatic heterocycles. The van der Waals surface area contributed by atoms with E-state index in [4.69, 9.17) is 10.8 Å². The van der Waals surface area contributed by atoms with Crippen LogP contribution in [0.4, 0.5) is 0 Å². The van der Waals surface area contributed by atoms with Gasteiger partial charge in [-0.05, 0) is 5.92 Å². The first-order chi connectivity index (χ1) is 6.19. The molecular weight excluding hydrogens is 168 g/mol. The van der Waals surface area contributed by atoms with E-state index >= 15 is 0 Å². The minimum absolute atomic E-state index is 0.116. The number of aliphatic hydroxyl groups excluding tert-OH is 1.